The zero-order valence-electron chi connectivity index (χ0n) is 8.27. The maximum atomic E-state index is 12.3. The highest BCUT2D eigenvalue weighted by molar-refractivity contribution is 5.69. The molecular formula is C8H13F2NO3. The second kappa shape index (κ2) is 4.34. The van der Waals surface area contributed by atoms with Crippen molar-refractivity contribution >= 4 is 12.4 Å². The highest BCUT2D eigenvalue weighted by atomic mass is 19.3. The Bertz CT molecular complexity index is 223. The molecule has 0 radical (unpaired) electrons. The molecular weight excluding hydrogens is 196 g/mol. The molecule has 0 aliphatic rings. The van der Waals surface area contributed by atoms with Gasteiger partial charge in [-0.25, -0.2) is 4.79 Å². The highest BCUT2D eigenvalue weighted by Crippen LogP contribution is 2.09. The second-order valence-electron chi connectivity index (χ2n) is 3.73. The molecule has 0 bridgehead atoms. The molecule has 0 spiro atoms. The first-order valence-corrected chi connectivity index (χ1v) is 3.97. The van der Waals surface area contributed by atoms with E-state index in [1.54, 1.807) is 26.1 Å². The first kappa shape index (κ1) is 12.8. The summed E-state index contributed by atoms with van der Waals surface area (Å²) in [5, 5.41) is 1.79. The number of rotatable bonds is 3. The molecule has 0 saturated heterocycles. The highest BCUT2D eigenvalue weighted by Gasteiger charge is 2.29. The van der Waals surface area contributed by atoms with E-state index in [2.05, 4.69) is 4.74 Å². The number of carbonyl (C=O) groups is 2. The van der Waals surface area contributed by atoms with Crippen LogP contribution >= 0.6 is 0 Å². The van der Waals surface area contributed by atoms with Crippen molar-refractivity contribution in [3.8, 4) is 0 Å². The van der Waals surface area contributed by atoms with Gasteiger partial charge in [0.05, 0.1) is 6.54 Å². The first-order chi connectivity index (χ1) is 6.16. The summed E-state index contributed by atoms with van der Waals surface area (Å²) in [5.74, 6) is -3.54. The van der Waals surface area contributed by atoms with Gasteiger partial charge in [0.25, 0.3) is 0 Å². The lowest BCUT2D eigenvalue weighted by Crippen LogP contribution is -2.40. The van der Waals surface area contributed by atoms with Crippen LogP contribution in [0.25, 0.3) is 0 Å². The molecule has 0 fully saturated rings. The van der Waals surface area contributed by atoms with Crippen molar-refractivity contribution in [3.05, 3.63) is 0 Å². The lowest BCUT2D eigenvalue weighted by molar-refractivity contribution is -0.128. The quantitative estimate of drug-likeness (QED) is 0.714. The minimum atomic E-state index is -3.54. The SMILES string of the molecule is CC(C)(C)OC(=O)NCC(F)(F)C=O. The van der Waals surface area contributed by atoms with E-state index < -0.39 is 30.4 Å². The summed E-state index contributed by atoms with van der Waals surface area (Å²) in [5.41, 5.74) is -0.749. The van der Waals surface area contributed by atoms with Crippen LogP contribution in [-0.2, 0) is 9.53 Å². The van der Waals surface area contributed by atoms with Crippen LogP contribution in [0.4, 0.5) is 13.6 Å². The van der Waals surface area contributed by atoms with E-state index >= 15 is 0 Å². The Balaban J connectivity index is 3.93. The number of carbonyl (C=O) groups excluding carboxylic acids is 2. The molecule has 6 heteroatoms. The van der Waals surface area contributed by atoms with Gasteiger partial charge >= 0.3 is 12.0 Å². The van der Waals surface area contributed by atoms with Gasteiger partial charge in [-0.2, -0.15) is 8.78 Å². The molecule has 0 aromatic rings. The standard InChI is InChI=1S/C8H13F2NO3/c1-7(2,3)14-6(13)11-4-8(9,10)5-12/h5H,4H2,1-3H3,(H,11,13). The van der Waals surface area contributed by atoms with E-state index in [9.17, 15) is 18.4 Å². The van der Waals surface area contributed by atoms with Crippen LogP contribution in [-0.4, -0.2) is 30.4 Å². The van der Waals surface area contributed by atoms with Crippen molar-refractivity contribution in [1.82, 2.24) is 5.32 Å². The maximum Gasteiger partial charge on any atom is 0.407 e. The number of alkyl halides is 2. The average molecular weight is 209 g/mol. The van der Waals surface area contributed by atoms with E-state index in [-0.39, 0.29) is 0 Å². The molecule has 0 saturated carbocycles. The number of nitrogens with one attached hydrogen (secondary N) is 1. The molecule has 0 aromatic heterocycles. The molecule has 0 unspecified atom stereocenters. The van der Waals surface area contributed by atoms with E-state index in [0.29, 0.717) is 0 Å². The summed E-state index contributed by atoms with van der Waals surface area (Å²) in [6, 6.07) is 0. The first-order valence-electron chi connectivity index (χ1n) is 3.97. The maximum absolute atomic E-state index is 12.3. The van der Waals surface area contributed by atoms with Crippen LogP contribution in [0.15, 0.2) is 0 Å². The second-order valence-corrected chi connectivity index (χ2v) is 3.73. The largest absolute Gasteiger partial charge is 0.444 e. The smallest absolute Gasteiger partial charge is 0.407 e. The normalized spacial score (nSPS) is 12.1. The van der Waals surface area contributed by atoms with Crippen molar-refractivity contribution in [2.24, 2.45) is 0 Å². The van der Waals surface area contributed by atoms with Gasteiger partial charge in [0, 0.05) is 0 Å². The molecule has 1 amide bonds. The summed E-state index contributed by atoms with van der Waals surface area (Å²) in [4.78, 5) is 20.6. The summed E-state index contributed by atoms with van der Waals surface area (Å²) in [7, 11) is 0. The Morgan fingerprint density at radius 1 is 1.43 bits per heavy atom. The number of hydrogen-bond acceptors (Lipinski definition) is 3. The lowest BCUT2D eigenvalue weighted by Gasteiger charge is -2.20. The third kappa shape index (κ3) is 6.33. The average Bonchev–Trinajstić information content (AvgIpc) is 1.98. The van der Waals surface area contributed by atoms with Gasteiger partial charge in [-0.15, -0.1) is 0 Å². The summed E-state index contributed by atoms with van der Waals surface area (Å²) in [6.45, 7) is 3.75. The fourth-order valence-corrected chi connectivity index (χ4v) is 0.546. The molecule has 82 valence electrons. The molecule has 0 heterocycles. The molecule has 1 N–H and O–H groups in total. The summed E-state index contributed by atoms with van der Waals surface area (Å²) in [6.07, 6.45) is -1.50. The molecule has 0 aliphatic heterocycles. The van der Waals surface area contributed by atoms with E-state index in [1.807, 2.05) is 0 Å². The van der Waals surface area contributed by atoms with Crippen molar-refractivity contribution in [3.63, 3.8) is 0 Å². The zero-order chi connectivity index (χ0) is 11.4. The minimum Gasteiger partial charge on any atom is -0.444 e. The zero-order valence-corrected chi connectivity index (χ0v) is 8.27. The number of halogens is 2. The number of amides is 1. The van der Waals surface area contributed by atoms with Crippen LogP contribution in [0.3, 0.4) is 0 Å². The van der Waals surface area contributed by atoms with E-state index in [1.165, 1.54) is 0 Å². The van der Waals surface area contributed by atoms with E-state index in [0.717, 1.165) is 0 Å². The lowest BCUT2D eigenvalue weighted by atomic mass is 10.2. The molecule has 14 heavy (non-hydrogen) atoms. The Kier molecular flexibility index (Phi) is 3.97. The number of ether oxygens (including phenoxy) is 1. The van der Waals surface area contributed by atoms with Gasteiger partial charge in [-0.1, -0.05) is 0 Å². The Morgan fingerprint density at radius 3 is 2.29 bits per heavy atom. The van der Waals surface area contributed by atoms with E-state index in [4.69, 9.17) is 0 Å². The molecule has 0 rings (SSSR count). The van der Waals surface area contributed by atoms with Crippen LogP contribution in [0, 0.1) is 0 Å². The Hall–Kier alpha value is -1.20. The molecule has 0 atom stereocenters. The van der Waals surface area contributed by atoms with Gasteiger partial charge in [-0.05, 0) is 20.8 Å². The fraction of sp³-hybridized carbons (Fsp3) is 0.750. The minimum absolute atomic E-state index is 0.523. The van der Waals surface area contributed by atoms with Gasteiger partial charge in [0.2, 0.25) is 0 Å². The predicted molar refractivity (Wildman–Crippen MR) is 45.2 cm³/mol. The van der Waals surface area contributed by atoms with Crippen LogP contribution in [0.2, 0.25) is 0 Å². The van der Waals surface area contributed by atoms with Crippen molar-refractivity contribution in [1.29, 1.82) is 0 Å². The predicted octanol–water partition coefficient (Wildman–Crippen LogP) is 1.35. The topological polar surface area (TPSA) is 55.4 Å². The monoisotopic (exact) mass is 209 g/mol. The van der Waals surface area contributed by atoms with Crippen LogP contribution in [0.5, 0.6) is 0 Å². The van der Waals surface area contributed by atoms with Crippen LogP contribution < -0.4 is 5.32 Å². The number of aldehydes is 1. The van der Waals surface area contributed by atoms with Gasteiger partial charge in [0.15, 0.2) is 6.29 Å². The third-order valence-corrected chi connectivity index (χ3v) is 1.04. The van der Waals surface area contributed by atoms with Crippen molar-refractivity contribution < 1.29 is 23.1 Å². The number of hydrogen-bond donors (Lipinski definition) is 1. The van der Waals surface area contributed by atoms with Crippen molar-refractivity contribution in [2.45, 2.75) is 32.3 Å². The Morgan fingerprint density at radius 2 is 1.93 bits per heavy atom. The van der Waals surface area contributed by atoms with Gasteiger partial charge in [-0.3, -0.25) is 4.79 Å². The third-order valence-electron chi connectivity index (χ3n) is 1.04. The Labute approximate surface area is 80.6 Å². The molecule has 0 aliphatic carbocycles. The van der Waals surface area contributed by atoms with Crippen molar-refractivity contribution in [2.75, 3.05) is 6.54 Å². The fourth-order valence-electron chi connectivity index (χ4n) is 0.546. The molecule has 0 aromatic carbocycles. The summed E-state index contributed by atoms with van der Waals surface area (Å²) >= 11 is 0. The van der Waals surface area contributed by atoms with Gasteiger partial charge in [0.1, 0.15) is 5.60 Å². The van der Waals surface area contributed by atoms with Crippen LogP contribution in [0.1, 0.15) is 20.8 Å². The van der Waals surface area contributed by atoms with Gasteiger partial charge < -0.3 is 10.1 Å². The molecule has 4 nitrogen and oxygen atoms in total. The summed E-state index contributed by atoms with van der Waals surface area (Å²) < 4.78 is 29.3. The number of alkyl carbamates (subject to hydrolysis) is 1.